The van der Waals surface area contributed by atoms with Crippen molar-refractivity contribution in [1.82, 2.24) is 9.88 Å². The van der Waals surface area contributed by atoms with Crippen molar-refractivity contribution in [2.45, 2.75) is 25.7 Å². The van der Waals surface area contributed by atoms with E-state index in [4.69, 9.17) is 23.2 Å². The summed E-state index contributed by atoms with van der Waals surface area (Å²) in [7, 11) is 0. The molecule has 1 amide bonds. The molecule has 0 saturated carbocycles. The summed E-state index contributed by atoms with van der Waals surface area (Å²) >= 11 is 12.2. The van der Waals surface area contributed by atoms with Gasteiger partial charge in [-0.3, -0.25) is 9.69 Å². The van der Waals surface area contributed by atoms with Crippen LogP contribution in [-0.4, -0.2) is 48.5 Å². The molecule has 1 aromatic heterocycles. The van der Waals surface area contributed by atoms with Gasteiger partial charge in [-0.15, -0.1) is 0 Å². The lowest BCUT2D eigenvalue weighted by Gasteiger charge is -2.36. The average molecular weight is 463 g/mol. The fraction of sp³-hybridized carbons (Fsp3) is 0.391. The first kappa shape index (κ1) is 22.1. The number of fused-ring (bicyclic) bond motifs is 1. The van der Waals surface area contributed by atoms with Crippen LogP contribution in [0.5, 0.6) is 0 Å². The number of rotatable bonds is 6. The number of nitrogens with one attached hydrogen (secondary N) is 1. The van der Waals surface area contributed by atoms with Crippen LogP contribution in [0.1, 0.15) is 30.5 Å². The molecule has 2 aromatic rings. The maximum atomic E-state index is 13.5. The van der Waals surface area contributed by atoms with Gasteiger partial charge in [0.2, 0.25) is 5.91 Å². The summed E-state index contributed by atoms with van der Waals surface area (Å²) in [5.41, 5.74) is 2.76. The van der Waals surface area contributed by atoms with Crippen LogP contribution in [0.2, 0.25) is 10.0 Å². The summed E-state index contributed by atoms with van der Waals surface area (Å²) in [6.07, 6.45) is 7.45. The summed E-state index contributed by atoms with van der Waals surface area (Å²) < 4.78 is 13.5. The first-order valence-electron chi connectivity index (χ1n) is 10.6. The lowest BCUT2D eigenvalue weighted by atomic mass is 10.1. The van der Waals surface area contributed by atoms with Gasteiger partial charge in [0.1, 0.15) is 11.6 Å². The van der Waals surface area contributed by atoms with Gasteiger partial charge in [0.25, 0.3) is 0 Å². The quantitative estimate of drug-likeness (QED) is 0.483. The highest BCUT2D eigenvalue weighted by molar-refractivity contribution is 6.43. The number of anilines is 2. The lowest BCUT2D eigenvalue weighted by molar-refractivity contribution is -0.116. The van der Waals surface area contributed by atoms with E-state index in [0.29, 0.717) is 12.2 Å². The van der Waals surface area contributed by atoms with Crippen molar-refractivity contribution in [3.05, 3.63) is 57.5 Å². The molecule has 8 heteroatoms. The fourth-order valence-electron chi connectivity index (χ4n) is 3.96. The Morgan fingerprint density at radius 2 is 1.87 bits per heavy atom. The predicted octanol–water partition coefficient (Wildman–Crippen LogP) is 5.03. The number of hydrogen-bond acceptors (Lipinski definition) is 4. The number of aryl methyl sites for hydroxylation is 1. The number of halogens is 3. The van der Waals surface area contributed by atoms with Gasteiger partial charge in [0.15, 0.2) is 0 Å². The molecule has 31 heavy (non-hydrogen) atoms. The number of benzene rings is 1. The largest absolute Gasteiger partial charge is 0.368 e. The average Bonchev–Trinajstić information content (AvgIpc) is 2.78. The van der Waals surface area contributed by atoms with Gasteiger partial charge in [0.05, 0.1) is 21.4 Å². The van der Waals surface area contributed by atoms with E-state index in [-0.39, 0.29) is 16.0 Å². The van der Waals surface area contributed by atoms with Gasteiger partial charge in [-0.1, -0.05) is 35.3 Å². The van der Waals surface area contributed by atoms with Crippen molar-refractivity contribution in [2.24, 2.45) is 0 Å². The Bertz CT molecular complexity index is 990. The van der Waals surface area contributed by atoms with E-state index in [0.717, 1.165) is 68.9 Å². The smallest absolute Gasteiger partial charge is 0.225 e. The number of nitrogens with zero attached hydrogens (tertiary/aromatic N) is 3. The Kier molecular flexibility index (Phi) is 7.10. The Balaban J connectivity index is 1.21. The molecule has 1 fully saturated rings. The zero-order valence-corrected chi connectivity index (χ0v) is 18.7. The molecule has 1 saturated heterocycles. The van der Waals surface area contributed by atoms with Crippen molar-refractivity contribution >= 4 is 46.7 Å². The second kappa shape index (κ2) is 9.98. The molecule has 0 atom stereocenters. The molecule has 0 aliphatic carbocycles. The summed E-state index contributed by atoms with van der Waals surface area (Å²) in [5.74, 6) is 0.238. The highest BCUT2D eigenvalue weighted by Gasteiger charge is 2.21. The molecule has 1 aromatic carbocycles. The number of carbonyl (C=O) groups is 1. The number of piperazine rings is 1. The van der Waals surface area contributed by atoms with Gasteiger partial charge in [-0.2, -0.15) is 0 Å². The van der Waals surface area contributed by atoms with Crippen LogP contribution in [-0.2, 0) is 11.2 Å². The second-order valence-electron chi connectivity index (χ2n) is 7.86. The molecule has 5 nitrogen and oxygen atoms in total. The molecule has 0 bridgehead atoms. The summed E-state index contributed by atoms with van der Waals surface area (Å²) in [6.45, 7) is 4.55. The number of hydrogen-bond donors (Lipinski definition) is 1. The van der Waals surface area contributed by atoms with E-state index >= 15 is 0 Å². The van der Waals surface area contributed by atoms with Crippen molar-refractivity contribution in [3.8, 4) is 0 Å². The number of allylic oxidation sites excluding steroid dienone is 1. The van der Waals surface area contributed by atoms with Gasteiger partial charge in [0, 0.05) is 32.6 Å². The van der Waals surface area contributed by atoms with E-state index < -0.39 is 5.82 Å². The molecule has 2 aliphatic heterocycles. The number of amides is 1. The van der Waals surface area contributed by atoms with E-state index in [1.807, 2.05) is 18.2 Å². The molecule has 164 valence electrons. The van der Waals surface area contributed by atoms with Crippen LogP contribution in [0.4, 0.5) is 15.9 Å². The van der Waals surface area contributed by atoms with Crippen molar-refractivity contribution in [2.75, 3.05) is 42.9 Å². The summed E-state index contributed by atoms with van der Waals surface area (Å²) in [6, 6.07) is 7.11. The van der Waals surface area contributed by atoms with Gasteiger partial charge < -0.3 is 10.2 Å². The van der Waals surface area contributed by atoms with Crippen molar-refractivity contribution in [3.63, 3.8) is 0 Å². The zero-order valence-electron chi connectivity index (χ0n) is 17.2. The molecular weight excluding hydrogens is 438 g/mol. The van der Waals surface area contributed by atoms with E-state index in [9.17, 15) is 9.18 Å². The molecule has 2 aliphatic rings. The van der Waals surface area contributed by atoms with Crippen LogP contribution in [0.25, 0.3) is 6.08 Å². The molecular formula is C23H25Cl2FN4O. The Morgan fingerprint density at radius 1 is 1.06 bits per heavy atom. The number of unbranched alkanes of at least 4 members (excludes halogenated alkanes) is 1. The molecule has 4 rings (SSSR count). The standard InChI is InChI=1S/C23H25Cl2FN4O/c24-21-18(26)8-9-19(22(21)25)30-14-12-29(13-15-30)11-3-1-2-4-17-7-5-16-6-10-20(31)28-23(16)27-17/h2,4-5,7-9H,1,3,6,10-15H2,(H,27,28,31)/b4-2+. The van der Waals surface area contributed by atoms with E-state index in [1.54, 1.807) is 6.07 Å². The summed E-state index contributed by atoms with van der Waals surface area (Å²) in [5, 5.41) is 3.12. The third-order valence-corrected chi connectivity index (χ3v) is 6.59. The fourth-order valence-corrected chi connectivity index (χ4v) is 4.39. The third-order valence-electron chi connectivity index (χ3n) is 5.74. The highest BCUT2D eigenvalue weighted by atomic mass is 35.5. The van der Waals surface area contributed by atoms with Crippen LogP contribution in [0, 0.1) is 5.82 Å². The number of pyridine rings is 1. The minimum absolute atomic E-state index is 0.0100. The maximum absolute atomic E-state index is 13.5. The minimum atomic E-state index is -0.488. The maximum Gasteiger partial charge on any atom is 0.225 e. The SMILES string of the molecule is O=C1CCc2ccc(/C=C/CCCN3CCN(c4ccc(F)c(Cl)c4Cl)CC3)nc2N1. The molecule has 0 radical (unpaired) electrons. The first-order chi connectivity index (χ1) is 15.0. The first-order valence-corrected chi connectivity index (χ1v) is 11.3. The van der Waals surface area contributed by atoms with Gasteiger partial charge in [-0.05, 0) is 55.6 Å². The predicted molar refractivity (Wildman–Crippen MR) is 125 cm³/mol. The van der Waals surface area contributed by atoms with E-state index in [2.05, 4.69) is 26.2 Å². The van der Waals surface area contributed by atoms with Gasteiger partial charge >= 0.3 is 0 Å². The third kappa shape index (κ3) is 5.37. The molecule has 0 spiro atoms. The van der Waals surface area contributed by atoms with Crippen LogP contribution < -0.4 is 10.2 Å². The van der Waals surface area contributed by atoms with Crippen LogP contribution >= 0.6 is 23.2 Å². The van der Waals surface area contributed by atoms with Crippen LogP contribution in [0.3, 0.4) is 0 Å². The lowest BCUT2D eigenvalue weighted by Crippen LogP contribution is -2.46. The summed E-state index contributed by atoms with van der Waals surface area (Å²) in [4.78, 5) is 20.6. The Morgan fingerprint density at radius 3 is 2.68 bits per heavy atom. The topological polar surface area (TPSA) is 48.5 Å². The molecule has 1 N–H and O–H groups in total. The van der Waals surface area contributed by atoms with Crippen molar-refractivity contribution < 1.29 is 9.18 Å². The molecule has 3 heterocycles. The molecule has 0 unspecified atom stereocenters. The highest BCUT2D eigenvalue weighted by Crippen LogP contribution is 2.35. The minimum Gasteiger partial charge on any atom is -0.368 e. The second-order valence-corrected chi connectivity index (χ2v) is 8.62. The normalized spacial score (nSPS) is 17.1. The number of carbonyl (C=O) groups excluding carboxylic acids is 1. The van der Waals surface area contributed by atoms with Crippen molar-refractivity contribution in [1.29, 1.82) is 0 Å². The van der Waals surface area contributed by atoms with Gasteiger partial charge in [-0.25, -0.2) is 9.37 Å². The monoisotopic (exact) mass is 462 g/mol. The Labute approximate surface area is 191 Å². The zero-order chi connectivity index (χ0) is 21.8. The number of aromatic nitrogens is 1. The van der Waals surface area contributed by atoms with E-state index in [1.165, 1.54) is 6.07 Å². The van der Waals surface area contributed by atoms with Crippen LogP contribution in [0.15, 0.2) is 30.3 Å². The Hall–Kier alpha value is -2.15.